The van der Waals surface area contributed by atoms with Gasteiger partial charge in [0.1, 0.15) is 13.2 Å². The highest BCUT2D eigenvalue weighted by Gasteiger charge is 2.22. The quantitative estimate of drug-likeness (QED) is 0.0195. The lowest BCUT2D eigenvalue weighted by molar-refractivity contribution is -0.870. The van der Waals surface area contributed by atoms with E-state index in [0.29, 0.717) is 17.4 Å². The van der Waals surface area contributed by atoms with Gasteiger partial charge in [-0.2, -0.15) is 0 Å². The number of rotatable bonds is 69. The van der Waals surface area contributed by atoms with Crippen LogP contribution in [0.2, 0.25) is 0 Å². The van der Waals surface area contributed by atoms with Gasteiger partial charge >= 0.3 is 11.9 Å². The molecule has 0 aromatic carbocycles. The summed E-state index contributed by atoms with van der Waals surface area (Å²) in [5.74, 6) is -2.31. The summed E-state index contributed by atoms with van der Waals surface area (Å²) in [4.78, 5) is 37.6. The number of hydrogen-bond donors (Lipinski definition) is 0. The summed E-state index contributed by atoms with van der Waals surface area (Å²) in [5.41, 5.74) is 0. The van der Waals surface area contributed by atoms with E-state index in [0.717, 1.165) is 128 Å². The molecule has 0 aliphatic heterocycles. The third-order valence-electron chi connectivity index (χ3n) is 15.9. The second-order valence-electron chi connectivity index (χ2n) is 26.2. The van der Waals surface area contributed by atoms with Gasteiger partial charge < -0.3 is 33.3 Å². The van der Waals surface area contributed by atoms with Crippen LogP contribution in [0.25, 0.3) is 0 Å². The van der Waals surface area contributed by atoms with Gasteiger partial charge in [-0.05, 0) is 135 Å². The molecular weight excluding hydrogens is 1170 g/mol. The largest absolute Gasteiger partial charge is 0.545 e. The van der Waals surface area contributed by atoms with Gasteiger partial charge in [-0.1, -0.05) is 319 Å². The van der Waals surface area contributed by atoms with Gasteiger partial charge in [-0.25, -0.2) is 0 Å². The van der Waals surface area contributed by atoms with Crippen LogP contribution in [0.1, 0.15) is 296 Å². The molecule has 0 aromatic rings. The molecule has 0 aliphatic carbocycles. The van der Waals surface area contributed by atoms with Gasteiger partial charge in [-0.15, -0.1) is 0 Å². The highest BCUT2D eigenvalue weighted by atomic mass is 16.7. The molecule has 9 heteroatoms. The number of carboxylic acids is 1. The Morgan fingerprint density at radius 2 is 0.600 bits per heavy atom. The van der Waals surface area contributed by atoms with E-state index in [9.17, 15) is 19.5 Å². The van der Waals surface area contributed by atoms with E-state index in [2.05, 4.69) is 184 Å². The lowest BCUT2D eigenvalue weighted by Gasteiger charge is -2.26. The van der Waals surface area contributed by atoms with Crippen molar-refractivity contribution >= 4 is 17.9 Å². The fraction of sp³-hybridized carbons (Fsp3) is 0.640. The Morgan fingerprint density at radius 3 is 0.895 bits per heavy atom. The number of hydrogen-bond acceptors (Lipinski definition) is 8. The summed E-state index contributed by atoms with van der Waals surface area (Å²) in [6, 6.07) is 0. The molecule has 538 valence electrons. The van der Waals surface area contributed by atoms with Crippen LogP contribution in [0.15, 0.2) is 170 Å². The van der Waals surface area contributed by atoms with Crippen LogP contribution in [0, 0.1) is 0 Å². The number of esters is 2. The molecule has 9 nitrogen and oxygen atoms in total. The van der Waals surface area contributed by atoms with E-state index in [1.54, 1.807) is 0 Å². The predicted octanol–water partition coefficient (Wildman–Crippen LogP) is 23.2. The molecule has 0 amide bonds. The lowest BCUT2D eigenvalue weighted by atomic mass is 10.0. The molecule has 2 atom stereocenters. The maximum atomic E-state index is 13.0. The van der Waals surface area contributed by atoms with Crippen molar-refractivity contribution < 1.29 is 42.9 Å². The molecule has 2 unspecified atom stereocenters. The summed E-state index contributed by atoms with van der Waals surface area (Å²) in [6.07, 6.45) is 109. The fourth-order valence-electron chi connectivity index (χ4n) is 10.1. The molecule has 0 fully saturated rings. The number of carboxylic acid groups (broad SMARTS) is 1. The minimum atomic E-state index is -1.64. The number of carbonyl (C=O) groups excluding carboxylic acids is 3. The minimum Gasteiger partial charge on any atom is -0.545 e. The van der Waals surface area contributed by atoms with E-state index in [-0.39, 0.29) is 38.6 Å². The molecule has 0 saturated carbocycles. The topological polar surface area (TPSA) is 111 Å². The number of ether oxygens (including phenoxy) is 4. The van der Waals surface area contributed by atoms with Gasteiger partial charge in [0.25, 0.3) is 0 Å². The fourth-order valence-corrected chi connectivity index (χ4v) is 10.1. The molecule has 0 radical (unpaired) electrons. The van der Waals surface area contributed by atoms with Crippen molar-refractivity contribution in [2.24, 2.45) is 0 Å². The number of quaternary nitrogens is 1. The Hall–Kier alpha value is -5.35. The number of unbranched alkanes of at least 4 members (excludes halogenated alkanes) is 26. The average molecular weight is 1320 g/mol. The van der Waals surface area contributed by atoms with Crippen molar-refractivity contribution in [2.75, 3.05) is 47.5 Å². The van der Waals surface area contributed by atoms with Crippen molar-refractivity contribution in [3.63, 3.8) is 0 Å². The van der Waals surface area contributed by atoms with E-state index in [1.807, 2.05) is 21.1 Å². The summed E-state index contributed by atoms with van der Waals surface area (Å²) in [5, 5.41) is 11.9. The zero-order valence-electron chi connectivity index (χ0n) is 61.5. The molecule has 0 aliphatic rings. The van der Waals surface area contributed by atoms with Gasteiger partial charge in [0.2, 0.25) is 0 Å². The van der Waals surface area contributed by atoms with Crippen LogP contribution in [-0.4, -0.2) is 82.3 Å². The number of aliphatic carboxylic acids is 1. The third-order valence-corrected chi connectivity index (χ3v) is 15.9. The Labute approximate surface area is 584 Å². The van der Waals surface area contributed by atoms with Crippen molar-refractivity contribution in [3.8, 4) is 0 Å². The van der Waals surface area contributed by atoms with E-state index >= 15 is 0 Å². The Balaban J connectivity index is 4.17. The second kappa shape index (κ2) is 74.4. The zero-order chi connectivity index (χ0) is 69.0. The SMILES string of the molecule is CC/C=C\C/C=C\C/C=C\C/C=C\C/C=C\C/C=C\C/C=C\C/C=C\C/C=C\C/C=C\C/C=C\CCCCCCCCCC(=O)OC(COC(=O)CCCCCCCCCCCCCCCC/C=C\C/C=C\C/C=C\CCCCCCC)COC(OCC[N+](C)(C)C)C(=O)[O-]. The van der Waals surface area contributed by atoms with Crippen LogP contribution in [0.3, 0.4) is 0 Å². The first-order valence-electron chi connectivity index (χ1n) is 38.3. The molecule has 95 heavy (non-hydrogen) atoms. The second-order valence-corrected chi connectivity index (χ2v) is 26.2. The van der Waals surface area contributed by atoms with Crippen molar-refractivity contribution in [1.29, 1.82) is 0 Å². The monoisotopic (exact) mass is 1320 g/mol. The van der Waals surface area contributed by atoms with E-state index in [4.69, 9.17) is 18.9 Å². The molecule has 0 bridgehead atoms. The van der Waals surface area contributed by atoms with Crippen LogP contribution in [-0.2, 0) is 33.3 Å². The first-order valence-corrected chi connectivity index (χ1v) is 38.3. The minimum absolute atomic E-state index is 0.137. The maximum absolute atomic E-state index is 13.0. The Morgan fingerprint density at radius 1 is 0.326 bits per heavy atom. The van der Waals surface area contributed by atoms with Gasteiger partial charge in [-0.3, -0.25) is 9.59 Å². The maximum Gasteiger partial charge on any atom is 0.306 e. The van der Waals surface area contributed by atoms with Gasteiger partial charge in [0.05, 0.1) is 40.3 Å². The molecule has 0 spiro atoms. The molecule has 0 aromatic heterocycles. The molecular formula is C86H141NO8. The number of likely N-dealkylation sites (N-methyl/N-ethyl adjacent to an activating group) is 1. The van der Waals surface area contributed by atoms with Gasteiger partial charge in [0, 0.05) is 12.8 Å². The summed E-state index contributed by atoms with van der Waals surface area (Å²) >= 11 is 0. The summed E-state index contributed by atoms with van der Waals surface area (Å²) in [7, 11) is 5.92. The first kappa shape index (κ1) is 89.6. The van der Waals surface area contributed by atoms with Crippen molar-refractivity contribution in [1.82, 2.24) is 0 Å². The smallest absolute Gasteiger partial charge is 0.306 e. The first-order chi connectivity index (χ1) is 46.6. The van der Waals surface area contributed by atoms with E-state index in [1.165, 1.54) is 135 Å². The molecule has 0 N–H and O–H groups in total. The van der Waals surface area contributed by atoms with Gasteiger partial charge in [0.15, 0.2) is 12.4 Å². The average Bonchev–Trinajstić information content (AvgIpc) is 3.54. The van der Waals surface area contributed by atoms with Crippen molar-refractivity contribution in [2.45, 2.75) is 309 Å². The number of carbonyl (C=O) groups is 3. The molecule has 0 heterocycles. The Kier molecular flexibility index (Phi) is 70.2. The number of nitrogens with zero attached hydrogens (tertiary/aromatic N) is 1. The standard InChI is InChI=1S/C86H141NO8/c1-6-8-10-12-14-16-18-20-22-24-26-28-30-32-34-36-37-38-39-40-41-42-43-44-45-46-47-49-51-53-55-57-59-61-63-65-67-69-71-73-75-77-84(89)95-82(81-94-86(85(90)91)92-79-78-87(3,4)5)80-93-83(88)76-74-72-70-68-66-64-62-60-58-56-54-52-50-48-35-33-31-29-27-25-23-21-19-17-15-13-11-9-7-2/h8,10,14,16,19-22,25-28,31-34,37-38,40-41,43-44,46-47,51,53,57,59,82,86H,6-7,9,11-13,15,17-18,23-24,29-30,35-36,39,42,45,48-50,52,54-56,58,60-81H2,1-5H3/b10-8-,16-14-,21-19-,22-20-,27-25-,28-26-,33-31-,34-32-,38-37-,41-40-,44-43-,47-46-,53-51-,59-57-. The predicted molar refractivity (Wildman–Crippen MR) is 407 cm³/mol. The lowest BCUT2D eigenvalue weighted by Crippen LogP contribution is -2.44. The van der Waals surface area contributed by atoms with E-state index < -0.39 is 24.3 Å². The van der Waals surface area contributed by atoms with Crippen LogP contribution in [0.4, 0.5) is 0 Å². The molecule has 0 saturated heterocycles. The van der Waals surface area contributed by atoms with Crippen molar-refractivity contribution in [3.05, 3.63) is 170 Å². The Bertz CT molecular complexity index is 2170. The number of allylic oxidation sites excluding steroid dienone is 28. The van der Waals surface area contributed by atoms with Crippen LogP contribution < -0.4 is 5.11 Å². The summed E-state index contributed by atoms with van der Waals surface area (Å²) < 4.78 is 22.8. The van der Waals surface area contributed by atoms with Crippen LogP contribution >= 0.6 is 0 Å². The highest BCUT2D eigenvalue weighted by Crippen LogP contribution is 2.16. The zero-order valence-corrected chi connectivity index (χ0v) is 61.5. The highest BCUT2D eigenvalue weighted by molar-refractivity contribution is 5.70. The molecule has 0 rings (SSSR count). The normalized spacial score (nSPS) is 13.7. The third kappa shape index (κ3) is 75.9. The summed E-state index contributed by atoms with van der Waals surface area (Å²) in [6.45, 7) is 4.61. The van der Waals surface area contributed by atoms with Crippen LogP contribution in [0.5, 0.6) is 0 Å².